The fraction of sp³-hybridized carbons (Fsp3) is 0.967. The van der Waals surface area contributed by atoms with Gasteiger partial charge in [-0.3, -0.25) is 0 Å². The van der Waals surface area contributed by atoms with Crippen LogP contribution in [-0.2, 0) is 47.4 Å². The highest BCUT2D eigenvalue weighted by molar-refractivity contribution is 5.32. The van der Waals surface area contributed by atoms with Crippen LogP contribution in [0.3, 0.4) is 0 Å². The quantitative estimate of drug-likeness (QED) is 0.0512. The molecule has 28 heteroatoms. The number of hydrogen-bond donors (Lipinski definition) is 18. The van der Waals surface area contributed by atoms with Crippen LogP contribution in [0.25, 0.3) is 0 Å². The van der Waals surface area contributed by atoms with E-state index >= 15 is 0 Å². The lowest BCUT2D eigenvalue weighted by Crippen LogP contribution is -2.66. The van der Waals surface area contributed by atoms with Gasteiger partial charge < -0.3 is 139 Å². The first-order valence-corrected chi connectivity index (χ1v) is 31.5. The third kappa shape index (κ3) is 12.8. The monoisotopic (exact) mass is 1270 g/mol. The molecule has 8 fully saturated rings. The molecular formula is C60H102O28. The van der Waals surface area contributed by atoms with Crippen LogP contribution >= 0.6 is 0 Å². The van der Waals surface area contributed by atoms with Crippen molar-refractivity contribution < 1.29 is 139 Å². The van der Waals surface area contributed by atoms with Gasteiger partial charge in [-0.05, 0) is 99.7 Å². The molecule has 88 heavy (non-hydrogen) atoms. The zero-order valence-electron chi connectivity index (χ0n) is 51.5. The van der Waals surface area contributed by atoms with Crippen LogP contribution in [0.5, 0.6) is 0 Å². The fourth-order valence-electron chi connectivity index (χ4n) is 17.1. The van der Waals surface area contributed by atoms with Gasteiger partial charge in [-0.25, -0.2) is 0 Å². The van der Waals surface area contributed by atoms with E-state index in [1.54, 1.807) is 0 Å². The molecule has 28 nitrogen and oxygen atoms in total. The van der Waals surface area contributed by atoms with E-state index in [4.69, 9.17) is 47.4 Å². The summed E-state index contributed by atoms with van der Waals surface area (Å²) in [6.45, 7) is 12.8. The van der Waals surface area contributed by atoms with Gasteiger partial charge in [0.1, 0.15) is 104 Å². The summed E-state index contributed by atoms with van der Waals surface area (Å²) in [4.78, 5) is 0. The SMILES string of the molecule is C[C@H](CC[C@@H](O[C@@H]1O[C@H](CO[C@H]2O[C@H](CO)[C@@H](O)[C@H](O)[C@H]2O)[C@@H](O)[C@H](O)[C@H]1O[C@@H]1O[C@H](CO)C[C@H](O)[C@H]1O)C(C)(C)O)C1CC[C@@]2(C)C3CC=C4C(CC[C@H](O[C@@H]5O[C@H](CO)[C@@H](O[C@H]6O[C@H](CO)[C@@H](O)[C@H](O)[C@H]6O)[C@H](O)[C@H]5O)C4(C)C)[C@]3(C)[C@H](O)C[C@]12C. The molecule has 9 rings (SSSR count). The second-order valence-corrected chi connectivity index (χ2v) is 28.6. The number of aliphatic hydroxyl groups excluding tert-OH is 17. The average Bonchev–Trinajstić information content (AvgIpc) is 1.28. The zero-order valence-corrected chi connectivity index (χ0v) is 51.5. The van der Waals surface area contributed by atoms with Crippen molar-refractivity contribution in [2.75, 3.05) is 33.0 Å². The first-order chi connectivity index (χ1) is 41.2. The van der Waals surface area contributed by atoms with Gasteiger partial charge in [-0.1, -0.05) is 53.2 Å². The van der Waals surface area contributed by atoms with Crippen molar-refractivity contribution in [2.24, 2.45) is 45.3 Å². The van der Waals surface area contributed by atoms with E-state index < -0.39 is 215 Å². The van der Waals surface area contributed by atoms with Crippen molar-refractivity contribution in [1.29, 1.82) is 0 Å². The van der Waals surface area contributed by atoms with Gasteiger partial charge in [0.2, 0.25) is 0 Å². The molecule has 0 amide bonds. The second-order valence-electron chi connectivity index (χ2n) is 28.6. The molecule has 0 aromatic rings. The van der Waals surface area contributed by atoms with Crippen LogP contribution in [0.2, 0.25) is 0 Å². The van der Waals surface area contributed by atoms with Gasteiger partial charge in [0, 0.05) is 17.3 Å². The molecule has 5 saturated heterocycles. The van der Waals surface area contributed by atoms with E-state index in [2.05, 4.69) is 33.8 Å². The molecule has 9 aliphatic rings. The summed E-state index contributed by atoms with van der Waals surface area (Å²) in [6, 6.07) is 0. The molecule has 0 bridgehead atoms. The second kappa shape index (κ2) is 27.4. The Labute approximate surface area is 512 Å². The molecule has 510 valence electrons. The lowest BCUT2D eigenvalue weighted by molar-refractivity contribution is -0.374. The van der Waals surface area contributed by atoms with Crippen LogP contribution < -0.4 is 0 Å². The van der Waals surface area contributed by atoms with Crippen molar-refractivity contribution in [3.63, 3.8) is 0 Å². The summed E-state index contributed by atoms with van der Waals surface area (Å²) in [5.41, 5.74) is -2.38. The van der Waals surface area contributed by atoms with Crippen molar-refractivity contribution in [3.8, 4) is 0 Å². The minimum Gasteiger partial charge on any atom is -0.394 e. The minimum absolute atomic E-state index is 0.0111. The van der Waals surface area contributed by atoms with Gasteiger partial charge in [0.15, 0.2) is 31.5 Å². The molecule has 0 radical (unpaired) electrons. The van der Waals surface area contributed by atoms with Gasteiger partial charge in [0.05, 0.1) is 69.2 Å². The molecule has 0 spiro atoms. The largest absolute Gasteiger partial charge is 0.394 e. The number of rotatable bonds is 20. The number of hydrogen-bond acceptors (Lipinski definition) is 28. The summed E-state index contributed by atoms with van der Waals surface area (Å²) in [5.74, 6) is 0.0600. The lowest BCUT2D eigenvalue weighted by atomic mass is 9.38. The van der Waals surface area contributed by atoms with Crippen molar-refractivity contribution in [2.45, 2.75) is 285 Å². The minimum atomic E-state index is -1.89. The zero-order chi connectivity index (χ0) is 64.7. The number of fused-ring (bicyclic) bond motifs is 5. The molecule has 0 aromatic heterocycles. The van der Waals surface area contributed by atoms with Crippen LogP contribution in [-0.4, -0.2) is 296 Å². The van der Waals surface area contributed by atoms with Crippen LogP contribution in [0.4, 0.5) is 0 Å². The Morgan fingerprint density at radius 1 is 0.557 bits per heavy atom. The van der Waals surface area contributed by atoms with E-state index in [1.165, 1.54) is 13.8 Å². The van der Waals surface area contributed by atoms with Crippen molar-refractivity contribution >= 4 is 0 Å². The Hall–Kier alpha value is -1.38. The third-order valence-corrected chi connectivity index (χ3v) is 22.8. The fourth-order valence-corrected chi connectivity index (χ4v) is 17.1. The molecule has 3 saturated carbocycles. The van der Waals surface area contributed by atoms with Gasteiger partial charge in [-0.2, -0.15) is 0 Å². The average molecular weight is 1270 g/mol. The summed E-state index contributed by atoms with van der Waals surface area (Å²) in [5, 5.41) is 195. The highest BCUT2D eigenvalue weighted by Gasteiger charge is 2.70. The highest BCUT2D eigenvalue weighted by Crippen LogP contribution is 2.75. The summed E-state index contributed by atoms with van der Waals surface area (Å²) in [7, 11) is 0. The Balaban J connectivity index is 0.881. The van der Waals surface area contributed by atoms with Crippen LogP contribution in [0, 0.1) is 45.3 Å². The van der Waals surface area contributed by atoms with E-state index in [1.807, 2.05) is 13.8 Å². The summed E-state index contributed by atoms with van der Waals surface area (Å²) < 4.78 is 59.8. The number of ether oxygens (including phenoxy) is 10. The number of allylic oxidation sites excluding steroid dienone is 1. The van der Waals surface area contributed by atoms with Gasteiger partial charge >= 0.3 is 0 Å². The molecular weight excluding hydrogens is 1170 g/mol. The standard InChI is InChI=1S/C60H102O28/c1-24(9-13-37(57(4,5)78)86-55-50(88-52-38(67)29(65)17-25(19-61)80-52)44(73)41(70)33(84-55)23-79-51-46(75)42(71)39(68)30(20-62)81-51)26-15-16-58(6)34-12-10-27-28(60(34,8)35(66)18-59(26,58)7)11-14-36(56(27,2)3)85-53-48(77)45(74)49(32(22-64)83-53)87-54-47(76)43(72)40(69)31(21-63)82-54/h10,24-26,28-55,61-78H,9,11-23H2,1-8H3/t24-,25+,26?,28?,29+,30-,31-,32-,33-,34?,35-,36+,37-,38-,39-,40-,41-,42+,43+,44+,45-,46-,47-,48-,49-,50-,51+,52+,53+,54-,55+,58+,59-,60+/m1/s1. The maximum absolute atomic E-state index is 12.8. The molecule has 4 aliphatic carbocycles. The Morgan fingerprint density at radius 3 is 1.70 bits per heavy atom. The van der Waals surface area contributed by atoms with Crippen molar-refractivity contribution in [1.82, 2.24) is 0 Å². The van der Waals surface area contributed by atoms with E-state index in [0.29, 0.717) is 32.1 Å². The first-order valence-electron chi connectivity index (χ1n) is 31.5. The normalized spacial score (nSPS) is 51.4. The van der Waals surface area contributed by atoms with Crippen LogP contribution in [0.1, 0.15) is 113 Å². The Bertz CT molecular complexity index is 2310. The Kier molecular flexibility index (Phi) is 22.1. The van der Waals surface area contributed by atoms with E-state index in [-0.39, 0.29) is 47.3 Å². The molecule has 0 aromatic carbocycles. The summed E-state index contributed by atoms with van der Waals surface area (Å²) in [6.07, 6.45) is -34.0. The van der Waals surface area contributed by atoms with E-state index in [9.17, 15) is 91.9 Å². The first kappa shape index (κ1) is 70.9. The molecule has 18 N–H and O–H groups in total. The number of aliphatic hydroxyl groups is 18. The smallest absolute Gasteiger partial charge is 0.187 e. The predicted octanol–water partition coefficient (Wildman–Crippen LogP) is -4.38. The molecule has 5 heterocycles. The maximum Gasteiger partial charge on any atom is 0.187 e. The molecule has 5 aliphatic heterocycles. The summed E-state index contributed by atoms with van der Waals surface area (Å²) >= 11 is 0. The third-order valence-electron chi connectivity index (χ3n) is 22.8. The lowest BCUT2D eigenvalue weighted by Gasteiger charge is -2.67. The highest BCUT2D eigenvalue weighted by atomic mass is 16.8. The van der Waals surface area contributed by atoms with E-state index in [0.717, 1.165) is 18.4 Å². The molecule has 3 unspecified atom stereocenters. The van der Waals surface area contributed by atoms with Crippen molar-refractivity contribution in [3.05, 3.63) is 11.6 Å². The van der Waals surface area contributed by atoms with Crippen LogP contribution in [0.15, 0.2) is 11.6 Å². The predicted molar refractivity (Wildman–Crippen MR) is 299 cm³/mol. The Morgan fingerprint density at radius 2 is 1.09 bits per heavy atom. The van der Waals surface area contributed by atoms with Gasteiger partial charge in [-0.15, -0.1) is 0 Å². The topological polar surface area (TPSA) is 456 Å². The molecule has 34 atom stereocenters. The maximum atomic E-state index is 12.8. The van der Waals surface area contributed by atoms with Gasteiger partial charge in [0.25, 0.3) is 0 Å².